The molecule has 5 nitrogen and oxygen atoms in total. The van der Waals surface area contributed by atoms with Gasteiger partial charge in [0.25, 0.3) is 0 Å². The lowest BCUT2D eigenvalue weighted by molar-refractivity contribution is 0.119. The van der Waals surface area contributed by atoms with Crippen molar-refractivity contribution in [2.75, 3.05) is 19.0 Å². The quantitative estimate of drug-likeness (QED) is 0.722. The van der Waals surface area contributed by atoms with E-state index in [2.05, 4.69) is 10.6 Å². The molecule has 1 rings (SSSR count). The first kappa shape index (κ1) is 13.5. The van der Waals surface area contributed by atoms with Crippen LogP contribution in [0.4, 0.5) is 10.5 Å². The van der Waals surface area contributed by atoms with Crippen molar-refractivity contribution >= 4 is 11.7 Å². The summed E-state index contributed by atoms with van der Waals surface area (Å²) in [5, 5.41) is 5.45. The third-order valence-electron chi connectivity index (χ3n) is 2.37. The minimum atomic E-state index is -0.247. The Hall–Kier alpha value is -1.59. The van der Waals surface area contributed by atoms with Crippen LogP contribution in [0.1, 0.15) is 12.5 Å². The van der Waals surface area contributed by atoms with Gasteiger partial charge in [-0.15, -0.1) is 0 Å². The summed E-state index contributed by atoms with van der Waals surface area (Å²) in [5.74, 6) is 0. The Kier molecular flexibility index (Phi) is 5.45. The molecule has 0 radical (unpaired) electrons. The number of nitrogens with two attached hydrogens (primary N) is 1. The highest BCUT2D eigenvalue weighted by atomic mass is 16.5. The molecule has 1 aromatic carbocycles. The molecular formula is C12H19N3O2. The number of amides is 2. The van der Waals surface area contributed by atoms with E-state index < -0.39 is 0 Å². The van der Waals surface area contributed by atoms with Crippen LogP contribution in [0.15, 0.2) is 24.3 Å². The molecule has 0 spiro atoms. The SMILES string of the molecule is COC(C)CNC(=O)Nc1cccc(CN)c1. The van der Waals surface area contributed by atoms with Gasteiger partial charge in [0.15, 0.2) is 0 Å². The molecule has 0 heterocycles. The maximum absolute atomic E-state index is 11.5. The third kappa shape index (κ3) is 4.84. The summed E-state index contributed by atoms with van der Waals surface area (Å²) < 4.78 is 5.03. The van der Waals surface area contributed by atoms with Gasteiger partial charge in [-0.1, -0.05) is 12.1 Å². The van der Waals surface area contributed by atoms with Gasteiger partial charge in [-0.3, -0.25) is 0 Å². The topological polar surface area (TPSA) is 76.4 Å². The summed E-state index contributed by atoms with van der Waals surface area (Å²) in [6.45, 7) is 2.81. The van der Waals surface area contributed by atoms with E-state index >= 15 is 0 Å². The Morgan fingerprint density at radius 3 is 2.94 bits per heavy atom. The Morgan fingerprint density at radius 1 is 1.53 bits per heavy atom. The van der Waals surface area contributed by atoms with Crippen molar-refractivity contribution in [1.82, 2.24) is 5.32 Å². The summed E-state index contributed by atoms with van der Waals surface area (Å²) in [6, 6.07) is 7.19. The van der Waals surface area contributed by atoms with Crippen molar-refractivity contribution in [3.8, 4) is 0 Å². The molecule has 0 saturated carbocycles. The molecule has 1 unspecified atom stereocenters. The van der Waals surface area contributed by atoms with Crippen molar-refractivity contribution in [3.05, 3.63) is 29.8 Å². The largest absolute Gasteiger partial charge is 0.380 e. The van der Waals surface area contributed by atoms with E-state index in [-0.39, 0.29) is 12.1 Å². The second-order valence-corrected chi connectivity index (χ2v) is 3.79. The summed E-state index contributed by atoms with van der Waals surface area (Å²) >= 11 is 0. The number of nitrogens with one attached hydrogen (secondary N) is 2. The molecule has 1 atom stereocenters. The van der Waals surface area contributed by atoms with Crippen molar-refractivity contribution in [1.29, 1.82) is 0 Å². The third-order valence-corrected chi connectivity index (χ3v) is 2.37. The average Bonchev–Trinajstić information content (AvgIpc) is 2.36. The molecule has 0 fully saturated rings. The number of urea groups is 1. The summed E-state index contributed by atoms with van der Waals surface area (Å²) in [4.78, 5) is 11.5. The van der Waals surface area contributed by atoms with Gasteiger partial charge in [0.2, 0.25) is 0 Å². The first-order valence-electron chi connectivity index (χ1n) is 5.52. The number of hydrogen-bond donors (Lipinski definition) is 3. The lowest BCUT2D eigenvalue weighted by Crippen LogP contribution is -2.34. The van der Waals surface area contributed by atoms with E-state index in [4.69, 9.17) is 10.5 Å². The van der Waals surface area contributed by atoms with E-state index in [0.717, 1.165) is 11.3 Å². The Balaban J connectivity index is 2.44. The fourth-order valence-corrected chi connectivity index (χ4v) is 1.27. The Bertz CT molecular complexity index is 369. The molecule has 4 N–H and O–H groups in total. The van der Waals surface area contributed by atoms with Gasteiger partial charge < -0.3 is 21.1 Å². The van der Waals surface area contributed by atoms with Crippen LogP contribution in [0.25, 0.3) is 0 Å². The number of methoxy groups -OCH3 is 1. The van der Waals surface area contributed by atoms with Crippen LogP contribution in [0, 0.1) is 0 Å². The molecule has 94 valence electrons. The highest BCUT2D eigenvalue weighted by Crippen LogP contribution is 2.09. The molecule has 0 aliphatic carbocycles. The minimum absolute atomic E-state index is 0.00359. The zero-order valence-corrected chi connectivity index (χ0v) is 10.2. The number of ether oxygens (including phenoxy) is 1. The van der Waals surface area contributed by atoms with E-state index in [1.165, 1.54) is 0 Å². The summed E-state index contributed by atoms with van der Waals surface area (Å²) in [6.07, 6.45) is -0.00359. The second-order valence-electron chi connectivity index (χ2n) is 3.79. The van der Waals surface area contributed by atoms with Crippen molar-refractivity contribution in [2.45, 2.75) is 19.6 Å². The monoisotopic (exact) mass is 237 g/mol. The predicted octanol–water partition coefficient (Wildman–Crippen LogP) is 1.30. The van der Waals surface area contributed by atoms with Gasteiger partial charge in [0.05, 0.1) is 6.10 Å². The van der Waals surface area contributed by atoms with Crippen LogP contribution in [0.5, 0.6) is 0 Å². The van der Waals surface area contributed by atoms with Crippen LogP contribution in [0.2, 0.25) is 0 Å². The average molecular weight is 237 g/mol. The summed E-state index contributed by atoms with van der Waals surface area (Å²) in [7, 11) is 1.61. The number of anilines is 1. The fraction of sp³-hybridized carbons (Fsp3) is 0.417. The number of carbonyl (C=O) groups excluding carboxylic acids is 1. The number of carbonyl (C=O) groups is 1. The lowest BCUT2D eigenvalue weighted by Gasteiger charge is -2.12. The van der Waals surface area contributed by atoms with E-state index in [0.29, 0.717) is 13.1 Å². The van der Waals surface area contributed by atoms with E-state index in [1.807, 2.05) is 31.2 Å². The Labute approximate surface area is 101 Å². The van der Waals surface area contributed by atoms with Crippen LogP contribution < -0.4 is 16.4 Å². The molecule has 0 aromatic heterocycles. The Morgan fingerprint density at radius 2 is 2.29 bits per heavy atom. The van der Waals surface area contributed by atoms with Gasteiger partial charge in [-0.25, -0.2) is 4.79 Å². The van der Waals surface area contributed by atoms with E-state index in [9.17, 15) is 4.79 Å². The number of hydrogen-bond acceptors (Lipinski definition) is 3. The predicted molar refractivity (Wildman–Crippen MR) is 67.8 cm³/mol. The smallest absolute Gasteiger partial charge is 0.319 e. The minimum Gasteiger partial charge on any atom is -0.380 e. The maximum Gasteiger partial charge on any atom is 0.319 e. The van der Waals surface area contributed by atoms with Crippen LogP contribution in [0.3, 0.4) is 0 Å². The van der Waals surface area contributed by atoms with Crippen molar-refractivity contribution in [2.24, 2.45) is 5.73 Å². The fourth-order valence-electron chi connectivity index (χ4n) is 1.27. The maximum atomic E-state index is 11.5. The standard InChI is InChI=1S/C12H19N3O2/c1-9(17-2)8-14-12(16)15-11-5-3-4-10(6-11)7-13/h3-6,9H,7-8,13H2,1-2H3,(H2,14,15,16). The zero-order valence-electron chi connectivity index (χ0n) is 10.2. The van der Waals surface area contributed by atoms with Crippen molar-refractivity contribution in [3.63, 3.8) is 0 Å². The van der Waals surface area contributed by atoms with Gasteiger partial charge in [-0.2, -0.15) is 0 Å². The molecule has 2 amide bonds. The molecule has 0 aliphatic heterocycles. The lowest BCUT2D eigenvalue weighted by atomic mass is 10.2. The molecule has 5 heteroatoms. The molecular weight excluding hydrogens is 218 g/mol. The molecule has 0 bridgehead atoms. The normalized spacial score (nSPS) is 11.9. The van der Waals surface area contributed by atoms with Crippen molar-refractivity contribution < 1.29 is 9.53 Å². The van der Waals surface area contributed by atoms with Gasteiger partial charge in [-0.05, 0) is 24.6 Å². The second kappa shape index (κ2) is 6.88. The first-order chi connectivity index (χ1) is 8.15. The van der Waals surface area contributed by atoms with Gasteiger partial charge in [0, 0.05) is 25.9 Å². The number of benzene rings is 1. The molecule has 0 saturated heterocycles. The first-order valence-corrected chi connectivity index (χ1v) is 5.52. The van der Waals surface area contributed by atoms with Gasteiger partial charge >= 0.3 is 6.03 Å². The number of rotatable bonds is 5. The van der Waals surface area contributed by atoms with Crippen LogP contribution in [-0.2, 0) is 11.3 Å². The van der Waals surface area contributed by atoms with Gasteiger partial charge in [0.1, 0.15) is 0 Å². The van der Waals surface area contributed by atoms with E-state index in [1.54, 1.807) is 7.11 Å². The summed E-state index contributed by atoms with van der Waals surface area (Å²) in [5.41, 5.74) is 7.23. The molecule has 1 aromatic rings. The molecule has 0 aliphatic rings. The highest BCUT2D eigenvalue weighted by molar-refractivity contribution is 5.89. The molecule has 17 heavy (non-hydrogen) atoms. The zero-order chi connectivity index (χ0) is 12.7. The van der Waals surface area contributed by atoms with Crippen LogP contribution >= 0.6 is 0 Å². The highest BCUT2D eigenvalue weighted by Gasteiger charge is 2.04. The van der Waals surface area contributed by atoms with Crippen LogP contribution in [-0.4, -0.2) is 25.8 Å².